The van der Waals surface area contributed by atoms with E-state index in [1.165, 1.54) is 12.1 Å². The minimum Gasteiger partial charge on any atom is -0.299 e. The molecule has 0 saturated heterocycles. The van der Waals surface area contributed by atoms with Crippen LogP contribution < -0.4 is 0 Å². The highest BCUT2D eigenvalue weighted by Gasteiger charge is 2.30. The summed E-state index contributed by atoms with van der Waals surface area (Å²) in [7, 11) is 0. The van der Waals surface area contributed by atoms with E-state index in [1.54, 1.807) is 6.92 Å². The van der Waals surface area contributed by atoms with Crippen LogP contribution in [0.25, 0.3) is 0 Å². The molecule has 5 heteroatoms. The highest BCUT2D eigenvalue weighted by atomic mass is 19.4. The largest absolute Gasteiger partial charge is 0.416 e. The van der Waals surface area contributed by atoms with Crippen molar-refractivity contribution in [2.24, 2.45) is 0 Å². The molecule has 1 aromatic rings. The third-order valence-electron chi connectivity index (χ3n) is 2.44. The molecule has 1 rings (SSSR count). The van der Waals surface area contributed by atoms with E-state index in [0.717, 1.165) is 12.1 Å². The average Bonchev–Trinajstić information content (AvgIpc) is 2.27. The zero-order valence-corrected chi connectivity index (χ0v) is 9.88. The monoisotopic (exact) mass is 258 g/mol. The summed E-state index contributed by atoms with van der Waals surface area (Å²) in [6.45, 7) is 1.64. The summed E-state index contributed by atoms with van der Waals surface area (Å²) in [4.78, 5) is 22.5. The molecule has 0 unspecified atom stereocenters. The summed E-state index contributed by atoms with van der Waals surface area (Å²) in [5, 5.41) is 0. The third kappa shape index (κ3) is 4.31. The first-order valence-electron chi connectivity index (χ1n) is 5.52. The van der Waals surface area contributed by atoms with Crippen LogP contribution in [0.1, 0.15) is 30.9 Å². The molecule has 0 aliphatic heterocycles. The van der Waals surface area contributed by atoms with Crippen molar-refractivity contribution in [2.75, 3.05) is 0 Å². The van der Waals surface area contributed by atoms with Crippen LogP contribution in [0.5, 0.6) is 0 Å². The average molecular weight is 258 g/mol. The minimum absolute atomic E-state index is 0.143. The third-order valence-corrected chi connectivity index (χ3v) is 2.44. The Kier molecular flexibility index (Phi) is 4.64. The molecule has 0 heterocycles. The van der Waals surface area contributed by atoms with Crippen molar-refractivity contribution in [2.45, 2.75) is 32.4 Å². The van der Waals surface area contributed by atoms with Crippen LogP contribution in [0.15, 0.2) is 24.3 Å². The zero-order chi connectivity index (χ0) is 13.8. The number of halogens is 3. The molecule has 0 aromatic heterocycles. The van der Waals surface area contributed by atoms with Crippen molar-refractivity contribution >= 4 is 11.6 Å². The van der Waals surface area contributed by atoms with E-state index in [0.29, 0.717) is 0 Å². The lowest BCUT2D eigenvalue weighted by atomic mass is 10.0. The van der Waals surface area contributed by atoms with Crippen molar-refractivity contribution in [3.63, 3.8) is 0 Å². The highest BCUT2D eigenvalue weighted by Crippen LogP contribution is 2.29. The van der Waals surface area contributed by atoms with Crippen LogP contribution in [0.3, 0.4) is 0 Å². The predicted molar refractivity (Wildman–Crippen MR) is 60.1 cm³/mol. The van der Waals surface area contributed by atoms with Gasteiger partial charge in [0, 0.05) is 12.8 Å². The second kappa shape index (κ2) is 5.80. The molecule has 0 atom stereocenters. The van der Waals surface area contributed by atoms with Crippen molar-refractivity contribution < 1.29 is 22.8 Å². The normalized spacial score (nSPS) is 11.3. The Bertz CT molecular complexity index is 450. The second-order valence-corrected chi connectivity index (χ2v) is 3.98. The van der Waals surface area contributed by atoms with Crippen LogP contribution in [0, 0.1) is 0 Å². The number of alkyl halides is 3. The topological polar surface area (TPSA) is 34.1 Å². The first-order valence-corrected chi connectivity index (χ1v) is 5.52. The van der Waals surface area contributed by atoms with Crippen molar-refractivity contribution in [1.29, 1.82) is 0 Å². The smallest absolute Gasteiger partial charge is 0.299 e. The molecule has 2 nitrogen and oxygen atoms in total. The summed E-state index contributed by atoms with van der Waals surface area (Å²) in [6.07, 6.45) is -4.52. The van der Waals surface area contributed by atoms with E-state index >= 15 is 0 Å². The van der Waals surface area contributed by atoms with E-state index in [4.69, 9.17) is 0 Å². The molecule has 1 aromatic carbocycles. The SMILES string of the molecule is CCC(=O)CC(=O)Cc1cccc(C(F)(F)F)c1. The van der Waals surface area contributed by atoms with Gasteiger partial charge in [0.2, 0.25) is 0 Å². The number of rotatable bonds is 5. The molecular formula is C13H13F3O2. The maximum Gasteiger partial charge on any atom is 0.416 e. The van der Waals surface area contributed by atoms with Gasteiger partial charge in [-0.15, -0.1) is 0 Å². The van der Waals surface area contributed by atoms with Crippen LogP contribution >= 0.6 is 0 Å². The quantitative estimate of drug-likeness (QED) is 0.760. The molecule has 0 bridgehead atoms. The lowest BCUT2D eigenvalue weighted by molar-refractivity contribution is -0.137. The van der Waals surface area contributed by atoms with Gasteiger partial charge in [0.05, 0.1) is 12.0 Å². The number of hydrogen-bond donors (Lipinski definition) is 0. The first kappa shape index (κ1) is 14.4. The number of carbonyl (C=O) groups excluding carboxylic acids is 2. The van der Waals surface area contributed by atoms with E-state index < -0.39 is 11.7 Å². The molecule has 18 heavy (non-hydrogen) atoms. The lowest BCUT2D eigenvalue weighted by Crippen LogP contribution is -2.10. The Morgan fingerprint density at radius 1 is 1.17 bits per heavy atom. The van der Waals surface area contributed by atoms with Gasteiger partial charge in [-0.1, -0.05) is 25.1 Å². The molecule has 0 aliphatic carbocycles. The molecule has 0 N–H and O–H groups in total. The van der Waals surface area contributed by atoms with Gasteiger partial charge in [0.25, 0.3) is 0 Å². The summed E-state index contributed by atoms with van der Waals surface area (Å²) >= 11 is 0. The van der Waals surface area contributed by atoms with Crippen LogP contribution in [-0.4, -0.2) is 11.6 Å². The van der Waals surface area contributed by atoms with E-state index in [-0.39, 0.29) is 36.4 Å². The standard InChI is InChI=1S/C13H13F3O2/c1-2-11(17)8-12(18)7-9-4-3-5-10(6-9)13(14,15)16/h3-6H,2,7-8H2,1H3. The van der Waals surface area contributed by atoms with Gasteiger partial charge >= 0.3 is 6.18 Å². The summed E-state index contributed by atoms with van der Waals surface area (Å²) in [5.41, 5.74) is -0.506. The van der Waals surface area contributed by atoms with Crippen molar-refractivity contribution in [3.05, 3.63) is 35.4 Å². The Morgan fingerprint density at radius 2 is 1.83 bits per heavy atom. The fourth-order valence-electron chi connectivity index (χ4n) is 1.49. The molecular weight excluding hydrogens is 245 g/mol. The highest BCUT2D eigenvalue weighted by molar-refractivity contribution is 5.99. The number of benzene rings is 1. The molecule has 0 radical (unpaired) electrons. The second-order valence-electron chi connectivity index (χ2n) is 3.98. The summed E-state index contributed by atoms with van der Waals surface area (Å²) in [6, 6.07) is 4.59. The van der Waals surface area contributed by atoms with Gasteiger partial charge < -0.3 is 0 Å². The Morgan fingerprint density at radius 3 is 2.39 bits per heavy atom. The van der Waals surface area contributed by atoms with Gasteiger partial charge in [-0.25, -0.2) is 0 Å². The molecule has 98 valence electrons. The molecule has 0 aliphatic rings. The molecule has 0 fully saturated rings. The van der Waals surface area contributed by atoms with Crippen molar-refractivity contribution in [1.82, 2.24) is 0 Å². The molecule has 0 amide bonds. The Balaban J connectivity index is 2.74. The fourth-order valence-corrected chi connectivity index (χ4v) is 1.49. The molecule has 0 saturated carbocycles. The van der Waals surface area contributed by atoms with E-state index in [1.807, 2.05) is 0 Å². The summed E-state index contributed by atoms with van der Waals surface area (Å²) < 4.78 is 37.3. The first-order chi connectivity index (χ1) is 8.32. The van der Waals surface area contributed by atoms with Crippen LogP contribution in [0.4, 0.5) is 13.2 Å². The zero-order valence-electron chi connectivity index (χ0n) is 9.88. The lowest BCUT2D eigenvalue weighted by Gasteiger charge is -2.08. The van der Waals surface area contributed by atoms with Crippen molar-refractivity contribution in [3.8, 4) is 0 Å². The van der Waals surface area contributed by atoms with Gasteiger partial charge in [0.1, 0.15) is 11.6 Å². The van der Waals surface area contributed by atoms with Crippen LogP contribution in [-0.2, 0) is 22.2 Å². The number of Topliss-reactive ketones (excluding diaryl/α,β-unsaturated/α-hetero) is 2. The maximum absolute atomic E-state index is 12.4. The van der Waals surface area contributed by atoms with E-state index in [9.17, 15) is 22.8 Å². The van der Waals surface area contributed by atoms with Gasteiger partial charge in [-0.05, 0) is 11.6 Å². The van der Waals surface area contributed by atoms with Crippen LogP contribution in [0.2, 0.25) is 0 Å². The number of ketones is 2. The van der Waals surface area contributed by atoms with Gasteiger partial charge in [-0.2, -0.15) is 13.2 Å². The Labute approximate surface area is 103 Å². The van der Waals surface area contributed by atoms with Gasteiger partial charge in [-0.3, -0.25) is 9.59 Å². The predicted octanol–water partition coefficient (Wildman–Crippen LogP) is 3.19. The molecule has 0 spiro atoms. The summed E-state index contributed by atoms with van der Waals surface area (Å²) in [5.74, 6) is -0.562. The number of hydrogen-bond acceptors (Lipinski definition) is 2. The Hall–Kier alpha value is -1.65. The maximum atomic E-state index is 12.4. The number of carbonyl (C=O) groups is 2. The minimum atomic E-state index is -4.42. The van der Waals surface area contributed by atoms with E-state index in [2.05, 4.69) is 0 Å². The van der Waals surface area contributed by atoms with Gasteiger partial charge in [0.15, 0.2) is 0 Å². The fraction of sp³-hybridized carbons (Fsp3) is 0.385.